The summed E-state index contributed by atoms with van der Waals surface area (Å²) >= 11 is 3.13. The van der Waals surface area contributed by atoms with Crippen molar-refractivity contribution in [1.29, 1.82) is 0 Å². The van der Waals surface area contributed by atoms with Crippen LogP contribution in [0.1, 0.15) is 11.1 Å². The number of hydrogen-bond donors (Lipinski definition) is 2. The summed E-state index contributed by atoms with van der Waals surface area (Å²) in [4.78, 5) is 33.8. The first-order valence-electron chi connectivity index (χ1n) is 7.49. The van der Waals surface area contributed by atoms with Crippen LogP contribution in [0.3, 0.4) is 0 Å². The standard InChI is InChI=1S/C17H15BrN2O6/c18-13-7-6-12(15(9-13)20(24)25)8-14(16(21)22)19-17(23)26-10-11-4-2-1-3-5-11/h1-7,9,14H,8,10H2,(H,19,23)(H,21,22). The molecule has 2 rings (SSSR count). The number of alkyl carbamates (subject to hydrolysis) is 1. The number of carbonyl (C=O) groups excluding carboxylic acids is 1. The van der Waals surface area contributed by atoms with E-state index in [0.29, 0.717) is 4.47 Å². The summed E-state index contributed by atoms with van der Waals surface area (Å²) < 4.78 is 5.48. The molecule has 9 heteroatoms. The van der Waals surface area contributed by atoms with Gasteiger partial charge in [0.2, 0.25) is 0 Å². The Labute approximate surface area is 157 Å². The number of nitro benzene ring substituents is 1. The summed E-state index contributed by atoms with van der Waals surface area (Å²) in [5, 5.41) is 22.7. The summed E-state index contributed by atoms with van der Waals surface area (Å²) in [5.74, 6) is -1.32. The van der Waals surface area contributed by atoms with Crippen LogP contribution in [0.5, 0.6) is 0 Å². The van der Waals surface area contributed by atoms with Gasteiger partial charge < -0.3 is 15.2 Å². The molecule has 1 amide bonds. The highest BCUT2D eigenvalue weighted by atomic mass is 79.9. The lowest BCUT2D eigenvalue weighted by Crippen LogP contribution is -2.42. The van der Waals surface area contributed by atoms with Gasteiger partial charge in [-0.3, -0.25) is 10.1 Å². The fourth-order valence-corrected chi connectivity index (χ4v) is 2.56. The first-order valence-corrected chi connectivity index (χ1v) is 8.29. The molecule has 0 bridgehead atoms. The van der Waals surface area contributed by atoms with E-state index in [-0.39, 0.29) is 24.3 Å². The second-order valence-corrected chi connectivity index (χ2v) is 6.25. The van der Waals surface area contributed by atoms with Gasteiger partial charge in [-0.05, 0) is 11.6 Å². The molecule has 0 aliphatic carbocycles. The number of carbonyl (C=O) groups is 2. The van der Waals surface area contributed by atoms with Gasteiger partial charge in [-0.2, -0.15) is 0 Å². The SMILES string of the molecule is O=C(NC(Cc1ccc(Br)cc1[N+](=O)[O-])C(=O)O)OCc1ccccc1. The third-order valence-corrected chi connectivity index (χ3v) is 3.96. The third-order valence-electron chi connectivity index (χ3n) is 3.47. The van der Waals surface area contributed by atoms with E-state index in [1.54, 1.807) is 30.3 Å². The molecule has 1 atom stereocenters. The number of carboxylic acid groups (broad SMARTS) is 1. The maximum Gasteiger partial charge on any atom is 0.408 e. The molecule has 136 valence electrons. The van der Waals surface area contributed by atoms with Crippen LogP contribution in [-0.2, 0) is 22.6 Å². The van der Waals surface area contributed by atoms with Crippen LogP contribution in [-0.4, -0.2) is 28.1 Å². The number of amides is 1. The molecular weight excluding hydrogens is 408 g/mol. The molecule has 2 N–H and O–H groups in total. The van der Waals surface area contributed by atoms with Crippen molar-refractivity contribution in [2.24, 2.45) is 0 Å². The Balaban J connectivity index is 2.04. The van der Waals surface area contributed by atoms with E-state index in [2.05, 4.69) is 21.2 Å². The number of carboxylic acids is 1. The molecule has 26 heavy (non-hydrogen) atoms. The zero-order valence-corrected chi connectivity index (χ0v) is 15.0. The maximum absolute atomic E-state index is 11.9. The zero-order chi connectivity index (χ0) is 19.1. The normalized spacial score (nSPS) is 11.4. The van der Waals surface area contributed by atoms with E-state index in [9.17, 15) is 24.8 Å². The molecule has 0 saturated heterocycles. The summed E-state index contributed by atoms with van der Waals surface area (Å²) in [6.45, 7) is -0.0164. The van der Waals surface area contributed by atoms with Crippen molar-refractivity contribution in [2.75, 3.05) is 0 Å². The number of nitrogens with zero attached hydrogens (tertiary/aromatic N) is 1. The van der Waals surface area contributed by atoms with Crippen molar-refractivity contribution in [1.82, 2.24) is 5.32 Å². The Morgan fingerprint density at radius 2 is 1.92 bits per heavy atom. The van der Waals surface area contributed by atoms with Gasteiger partial charge in [-0.1, -0.05) is 52.3 Å². The number of halogens is 1. The minimum atomic E-state index is -1.36. The van der Waals surface area contributed by atoms with Crippen LogP contribution in [0.4, 0.5) is 10.5 Å². The molecule has 8 nitrogen and oxygen atoms in total. The van der Waals surface area contributed by atoms with E-state index >= 15 is 0 Å². The van der Waals surface area contributed by atoms with Crippen molar-refractivity contribution in [3.05, 3.63) is 74.2 Å². The summed E-state index contributed by atoms with van der Waals surface area (Å²) in [6.07, 6.45) is -1.17. The highest BCUT2D eigenvalue weighted by Crippen LogP contribution is 2.24. The molecular formula is C17H15BrN2O6. The summed E-state index contributed by atoms with van der Waals surface area (Å²) in [7, 11) is 0. The van der Waals surface area contributed by atoms with Crippen molar-refractivity contribution in [2.45, 2.75) is 19.1 Å². The highest BCUT2D eigenvalue weighted by molar-refractivity contribution is 9.10. The van der Waals surface area contributed by atoms with Crippen LogP contribution < -0.4 is 5.32 Å². The number of nitrogens with one attached hydrogen (secondary N) is 1. The molecule has 0 radical (unpaired) electrons. The fraction of sp³-hybridized carbons (Fsp3) is 0.176. The van der Waals surface area contributed by atoms with Crippen molar-refractivity contribution < 1.29 is 24.4 Å². The van der Waals surface area contributed by atoms with Crippen LogP contribution in [0.15, 0.2) is 53.0 Å². The molecule has 0 aliphatic rings. The third kappa shape index (κ3) is 5.55. The molecule has 0 aromatic heterocycles. The minimum absolute atomic E-state index is 0.0164. The van der Waals surface area contributed by atoms with Gasteiger partial charge >= 0.3 is 12.1 Å². The summed E-state index contributed by atoms with van der Waals surface area (Å²) in [6, 6.07) is 11.8. The first-order chi connectivity index (χ1) is 12.4. The molecule has 0 heterocycles. The molecule has 0 fully saturated rings. The molecule has 0 saturated carbocycles. The number of benzene rings is 2. The van der Waals surface area contributed by atoms with Crippen molar-refractivity contribution in [3.8, 4) is 0 Å². The molecule has 2 aromatic carbocycles. The smallest absolute Gasteiger partial charge is 0.408 e. The van der Waals surface area contributed by atoms with E-state index in [0.717, 1.165) is 5.56 Å². The van der Waals surface area contributed by atoms with Crippen molar-refractivity contribution in [3.63, 3.8) is 0 Å². The lowest BCUT2D eigenvalue weighted by Gasteiger charge is -2.15. The van der Waals surface area contributed by atoms with Gasteiger partial charge in [-0.15, -0.1) is 0 Å². The predicted octanol–water partition coefficient (Wildman–Crippen LogP) is 3.28. The summed E-state index contributed by atoms with van der Waals surface area (Å²) in [5.41, 5.74) is 0.706. The Hall–Kier alpha value is -2.94. The lowest BCUT2D eigenvalue weighted by molar-refractivity contribution is -0.385. The van der Waals surface area contributed by atoms with E-state index in [1.807, 2.05) is 6.07 Å². The number of rotatable bonds is 7. The minimum Gasteiger partial charge on any atom is -0.480 e. The number of nitro groups is 1. The van der Waals surface area contributed by atoms with E-state index < -0.39 is 23.0 Å². The van der Waals surface area contributed by atoms with Crippen LogP contribution in [0, 0.1) is 10.1 Å². The monoisotopic (exact) mass is 422 g/mol. The first kappa shape index (κ1) is 19.4. The van der Waals surface area contributed by atoms with Gasteiger partial charge in [0, 0.05) is 22.5 Å². The quantitative estimate of drug-likeness (QED) is 0.521. The van der Waals surface area contributed by atoms with Gasteiger partial charge in [0.25, 0.3) is 5.69 Å². The fourth-order valence-electron chi connectivity index (χ4n) is 2.21. The predicted molar refractivity (Wildman–Crippen MR) is 95.7 cm³/mol. The Morgan fingerprint density at radius 1 is 1.23 bits per heavy atom. The van der Waals surface area contributed by atoms with Gasteiger partial charge in [0.05, 0.1) is 4.92 Å². The van der Waals surface area contributed by atoms with Crippen LogP contribution in [0.25, 0.3) is 0 Å². The number of aliphatic carboxylic acids is 1. The van der Waals surface area contributed by atoms with Gasteiger partial charge in [0.1, 0.15) is 12.6 Å². The average molecular weight is 423 g/mol. The topological polar surface area (TPSA) is 119 Å². The second-order valence-electron chi connectivity index (χ2n) is 5.33. The molecule has 1 unspecified atom stereocenters. The van der Waals surface area contributed by atoms with Gasteiger partial charge in [0.15, 0.2) is 0 Å². The molecule has 0 spiro atoms. The maximum atomic E-state index is 11.9. The van der Waals surface area contributed by atoms with E-state index in [1.165, 1.54) is 12.1 Å². The van der Waals surface area contributed by atoms with Crippen molar-refractivity contribution >= 4 is 33.7 Å². The Bertz CT molecular complexity index is 812. The van der Waals surface area contributed by atoms with Gasteiger partial charge in [-0.25, -0.2) is 9.59 Å². The number of hydrogen-bond acceptors (Lipinski definition) is 5. The Morgan fingerprint density at radius 3 is 2.54 bits per heavy atom. The number of ether oxygens (including phenoxy) is 1. The largest absolute Gasteiger partial charge is 0.480 e. The average Bonchev–Trinajstić information content (AvgIpc) is 2.61. The molecule has 0 aliphatic heterocycles. The Kier molecular flexibility index (Phi) is 6.67. The zero-order valence-electron chi connectivity index (χ0n) is 13.4. The highest BCUT2D eigenvalue weighted by Gasteiger charge is 2.25. The second kappa shape index (κ2) is 8.95. The van der Waals surface area contributed by atoms with Crippen LogP contribution in [0.2, 0.25) is 0 Å². The van der Waals surface area contributed by atoms with E-state index in [4.69, 9.17) is 4.74 Å². The molecule has 2 aromatic rings. The lowest BCUT2D eigenvalue weighted by atomic mass is 10.0. The van der Waals surface area contributed by atoms with Crippen LogP contribution >= 0.6 is 15.9 Å².